The number of benzene rings is 1. The molecule has 1 aromatic heterocycles. The zero-order valence-corrected chi connectivity index (χ0v) is 9.23. The number of para-hydroxylation sites is 1. The third-order valence-corrected chi connectivity index (χ3v) is 3.29. The van der Waals surface area contributed by atoms with E-state index in [4.69, 9.17) is 0 Å². The van der Waals surface area contributed by atoms with Gasteiger partial charge in [-0.1, -0.05) is 30.4 Å². The molecule has 0 fully saturated rings. The monoisotopic (exact) mass is 211 g/mol. The summed E-state index contributed by atoms with van der Waals surface area (Å²) in [5.74, 6) is 0. The van der Waals surface area contributed by atoms with Crippen molar-refractivity contribution < 1.29 is 0 Å². The van der Waals surface area contributed by atoms with E-state index in [1.165, 1.54) is 5.39 Å². The molecule has 2 heteroatoms. The van der Waals surface area contributed by atoms with Gasteiger partial charge in [-0.05, 0) is 24.5 Å². The van der Waals surface area contributed by atoms with Gasteiger partial charge < -0.3 is 4.57 Å². The predicted octanol–water partition coefficient (Wildman–Crippen LogP) is 2.50. The van der Waals surface area contributed by atoms with E-state index >= 15 is 0 Å². The molecular weight excluding hydrogens is 198 g/mol. The second kappa shape index (κ2) is 3.34. The van der Waals surface area contributed by atoms with Gasteiger partial charge in [-0.2, -0.15) is 0 Å². The first-order chi connectivity index (χ1) is 7.79. The average Bonchev–Trinajstić information content (AvgIpc) is 2.36. The zero-order chi connectivity index (χ0) is 11.1. The van der Waals surface area contributed by atoms with Gasteiger partial charge in [0, 0.05) is 18.0 Å². The van der Waals surface area contributed by atoms with E-state index in [0.717, 1.165) is 29.5 Å². The molecule has 0 aliphatic heterocycles. The number of aromatic nitrogens is 1. The number of rotatable bonds is 0. The number of fused-ring (bicyclic) bond motifs is 3. The van der Waals surface area contributed by atoms with Crippen LogP contribution in [0.4, 0.5) is 0 Å². The van der Waals surface area contributed by atoms with E-state index in [-0.39, 0.29) is 5.56 Å². The number of pyridine rings is 1. The maximum absolute atomic E-state index is 12.2. The molecule has 0 saturated carbocycles. The molecule has 0 atom stereocenters. The molecule has 0 unspecified atom stereocenters. The molecule has 0 saturated heterocycles. The fourth-order valence-electron chi connectivity index (χ4n) is 2.44. The summed E-state index contributed by atoms with van der Waals surface area (Å²) in [7, 11) is 1.85. The third-order valence-electron chi connectivity index (χ3n) is 3.29. The van der Waals surface area contributed by atoms with Crippen molar-refractivity contribution in [2.24, 2.45) is 7.05 Å². The first-order valence-corrected chi connectivity index (χ1v) is 5.56. The van der Waals surface area contributed by atoms with Crippen LogP contribution in [0.1, 0.15) is 17.5 Å². The smallest absolute Gasteiger partial charge is 0.254 e. The Morgan fingerprint density at radius 3 is 2.94 bits per heavy atom. The maximum Gasteiger partial charge on any atom is 0.254 e. The maximum atomic E-state index is 12.2. The van der Waals surface area contributed by atoms with Crippen LogP contribution in [0, 0.1) is 0 Å². The molecule has 0 spiro atoms. The van der Waals surface area contributed by atoms with Gasteiger partial charge in [0.1, 0.15) is 0 Å². The molecule has 1 aliphatic carbocycles. The highest BCUT2D eigenvalue weighted by Crippen LogP contribution is 2.24. The number of nitrogens with zero attached hydrogens (tertiary/aromatic N) is 1. The van der Waals surface area contributed by atoms with E-state index < -0.39 is 0 Å². The number of allylic oxidation sites excluding steroid dienone is 1. The Hall–Kier alpha value is -1.83. The molecule has 80 valence electrons. The molecule has 1 heterocycles. The fourth-order valence-corrected chi connectivity index (χ4v) is 2.44. The van der Waals surface area contributed by atoms with Crippen molar-refractivity contribution in [3.8, 4) is 0 Å². The molecule has 0 amide bonds. The number of aryl methyl sites for hydroxylation is 1. The van der Waals surface area contributed by atoms with Gasteiger partial charge in [-0.25, -0.2) is 0 Å². The average molecular weight is 211 g/mol. The highest BCUT2D eigenvalue weighted by atomic mass is 16.1. The van der Waals surface area contributed by atoms with Crippen LogP contribution < -0.4 is 5.56 Å². The Morgan fingerprint density at radius 2 is 2.06 bits per heavy atom. The lowest BCUT2D eigenvalue weighted by Crippen LogP contribution is -2.23. The molecule has 3 rings (SSSR count). The van der Waals surface area contributed by atoms with E-state index in [9.17, 15) is 4.79 Å². The van der Waals surface area contributed by atoms with Crippen LogP contribution in [0.15, 0.2) is 35.1 Å². The summed E-state index contributed by atoms with van der Waals surface area (Å²) in [4.78, 5) is 12.2. The topological polar surface area (TPSA) is 22.0 Å². The number of hydrogen-bond acceptors (Lipinski definition) is 1. The first-order valence-electron chi connectivity index (χ1n) is 5.56. The van der Waals surface area contributed by atoms with Crippen LogP contribution in [0.25, 0.3) is 17.0 Å². The van der Waals surface area contributed by atoms with Crippen LogP contribution in [-0.4, -0.2) is 4.57 Å². The van der Waals surface area contributed by atoms with Gasteiger partial charge in [-0.3, -0.25) is 4.79 Å². The van der Waals surface area contributed by atoms with Crippen LogP contribution in [0.3, 0.4) is 0 Å². The first kappa shape index (κ1) is 9.40. The standard InChI is InChI=1S/C14H13NO/c1-15-13-9-5-4-7-11(13)10-6-2-3-8-12(10)14(15)16/h2,4-7,9H,3,8H2,1H3. The van der Waals surface area contributed by atoms with Gasteiger partial charge in [0.15, 0.2) is 0 Å². The molecule has 1 aromatic carbocycles. The lowest BCUT2D eigenvalue weighted by Gasteiger charge is -2.15. The molecule has 2 aromatic rings. The Morgan fingerprint density at radius 1 is 1.25 bits per heavy atom. The zero-order valence-electron chi connectivity index (χ0n) is 9.23. The Labute approximate surface area is 93.8 Å². The highest BCUT2D eigenvalue weighted by molar-refractivity contribution is 5.89. The SMILES string of the molecule is Cn1c(=O)c2c(c3ccccc31)C=CCC2. The van der Waals surface area contributed by atoms with E-state index in [1.807, 2.05) is 25.2 Å². The Balaban J connectivity index is 2.57. The summed E-state index contributed by atoms with van der Waals surface area (Å²) in [6.45, 7) is 0. The van der Waals surface area contributed by atoms with Crippen LogP contribution in [-0.2, 0) is 13.5 Å². The lowest BCUT2D eigenvalue weighted by molar-refractivity contribution is 0.854. The van der Waals surface area contributed by atoms with Crippen LogP contribution >= 0.6 is 0 Å². The Bertz CT molecular complexity index is 650. The molecule has 0 N–H and O–H groups in total. The van der Waals surface area contributed by atoms with Crippen LogP contribution in [0.5, 0.6) is 0 Å². The van der Waals surface area contributed by atoms with E-state index in [2.05, 4.69) is 18.2 Å². The summed E-state index contributed by atoms with van der Waals surface area (Å²) in [6.07, 6.45) is 6.07. The van der Waals surface area contributed by atoms with Gasteiger partial charge >= 0.3 is 0 Å². The lowest BCUT2D eigenvalue weighted by atomic mass is 9.95. The molecule has 0 radical (unpaired) electrons. The normalized spacial score (nSPS) is 14.1. The summed E-state index contributed by atoms with van der Waals surface area (Å²) in [6, 6.07) is 8.08. The van der Waals surface area contributed by atoms with Crippen molar-refractivity contribution in [1.29, 1.82) is 0 Å². The Kier molecular flexibility index (Phi) is 1.96. The quantitative estimate of drug-likeness (QED) is 0.656. The van der Waals surface area contributed by atoms with E-state index in [0.29, 0.717) is 0 Å². The summed E-state index contributed by atoms with van der Waals surface area (Å²) in [5.41, 5.74) is 3.24. The van der Waals surface area contributed by atoms with Crippen molar-refractivity contribution in [2.45, 2.75) is 12.8 Å². The molecule has 1 aliphatic rings. The van der Waals surface area contributed by atoms with Gasteiger partial charge in [0.05, 0.1) is 5.52 Å². The molecule has 0 bridgehead atoms. The van der Waals surface area contributed by atoms with Gasteiger partial charge in [-0.15, -0.1) is 0 Å². The molecular formula is C14H13NO. The number of hydrogen-bond donors (Lipinski definition) is 0. The van der Waals surface area contributed by atoms with Crippen LogP contribution in [0.2, 0.25) is 0 Å². The fraction of sp³-hybridized carbons (Fsp3) is 0.214. The van der Waals surface area contributed by atoms with Crippen molar-refractivity contribution in [1.82, 2.24) is 4.57 Å². The summed E-state index contributed by atoms with van der Waals surface area (Å²) in [5, 5.41) is 1.18. The minimum absolute atomic E-state index is 0.151. The largest absolute Gasteiger partial charge is 0.311 e. The van der Waals surface area contributed by atoms with Gasteiger partial charge in [0.25, 0.3) is 5.56 Å². The summed E-state index contributed by atoms with van der Waals surface area (Å²) >= 11 is 0. The van der Waals surface area contributed by atoms with Gasteiger partial charge in [0.2, 0.25) is 0 Å². The second-order valence-electron chi connectivity index (χ2n) is 4.21. The van der Waals surface area contributed by atoms with Crippen molar-refractivity contribution >= 4 is 17.0 Å². The summed E-state index contributed by atoms with van der Waals surface area (Å²) < 4.78 is 1.76. The third kappa shape index (κ3) is 1.16. The highest BCUT2D eigenvalue weighted by Gasteiger charge is 2.14. The predicted molar refractivity (Wildman–Crippen MR) is 66.5 cm³/mol. The van der Waals surface area contributed by atoms with Crippen molar-refractivity contribution in [2.75, 3.05) is 0 Å². The minimum Gasteiger partial charge on any atom is -0.311 e. The van der Waals surface area contributed by atoms with E-state index in [1.54, 1.807) is 4.57 Å². The molecule has 16 heavy (non-hydrogen) atoms. The molecule has 2 nitrogen and oxygen atoms in total. The van der Waals surface area contributed by atoms with Crippen molar-refractivity contribution in [3.63, 3.8) is 0 Å². The second-order valence-corrected chi connectivity index (χ2v) is 4.21. The minimum atomic E-state index is 0.151. The van der Waals surface area contributed by atoms with Crippen molar-refractivity contribution in [3.05, 3.63) is 51.8 Å².